The van der Waals surface area contributed by atoms with Crippen molar-refractivity contribution in [3.8, 4) is 0 Å². The highest BCUT2D eigenvalue weighted by molar-refractivity contribution is 6.31. The number of carbonyl (C=O) groups excluding carboxylic acids is 2. The van der Waals surface area contributed by atoms with Crippen molar-refractivity contribution in [2.45, 2.75) is 6.18 Å². The molecule has 0 spiro atoms. The van der Waals surface area contributed by atoms with Gasteiger partial charge in [0.2, 0.25) is 6.08 Å². The van der Waals surface area contributed by atoms with Gasteiger partial charge in [0, 0.05) is 5.02 Å². The van der Waals surface area contributed by atoms with E-state index in [9.17, 15) is 22.8 Å². The summed E-state index contributed by atoms with van der Waals surface area (Å²) in [7, 11) is 0. The van der Waals surface area contributed by atoms with Crippen LogP contribution in [0.15, 0.2) is 23.2 Å². The molecular weight excluding hydrogens is 247 g/mol. The van der Waals surface area contributed by atoms with Crippen LogP contribution in [0, 0.1) is 0 Å². The third-order valence-corrected chi connectivity index (χ3v) is 1.86. The average Bonchev–Trinajstić information content (AvgIpc) is 2.18. The summed E-state index contributed by atoms with van der Waals surface area (Å²) in [4.78, 5) is 23.9. The number of hydrogen-bond acceptors (Lipinski definition) is 3. The number of ketones is 1. The highest BCUT2D eigenvalue weighted by Crippen LogP contribution is 2.29. The van der Waals surface area contributed by atoms with E-state index in [4.69, 9.17) is 11.6 Å². The maximum absolute atomic E-state index is 12.2. The smallest absolute Gasteiger partial charge is 0.284 e. The number of nitrogens with zero attached hydrogens (tertiary/aromatic N) is 1. The van der Waals surface area contributed by atoms with Crippen molar-refractivity contribution in [2.75, 3.05) is 0 Å². The SMILES string of the molecule is O=C=Nc1ccc(Cl)cc1C(=O)C(F)(F)F. The van der Waals surface area contributed by atoms with Gasteiger partial charge in [-0.25, -0.2) is 4.79 Å². The summed E-state index contributed by atoms with van der Waals surface area (Å²) in [6.07, 6.45) is -3.98. The van der Waals surface area contributed by atoms with Gasteiger partial charge >= 0.3 is 6.18 Å². The van der Waals surface area contributed by atoms with Crippen molar-refractivity contribution in [3.63, 3.8) is 0 Å². The lowest BCUT2D eigenvalue weighted by molar-refractivity contribution is -0.0884. The molecule has 7 heteroatoms. The first-order valence-electron chi connectivity index (χ1n) is 3.85. The van der Waals surface area contributed by atoms with Crippen molar-refractivity contribution in [1.82, 2.24) is 0 Å². The summed E-state index contributed by atoms with van der Waals surface area (Å²) >= 11 is 5.45. The van der Waals surface area contributed by atoms with Crippen LogP contribution >= 0.6 is 11.6 Å². The Morgan fingerprint density at radius 3 is 2.50 bits per heavy atom. The Bertz CT molecular complexity index is 478. The van der Waals surface area contributed by atoms with Crippen molar-refractivity contribution in [1.29, 1.82) is 0 Å². The van der Waals surface area contributed by atoms with E-state index in [2.05, 4.69) is 4.99 Å². The van der Waals surface area contributed by atoms with Crippen LogP contribution in [0.3, 0.4) is 0 Å². The summed E-state index contributed by atoms with van der Waals surface area (Å²) in [5.74, 6) is -2.11. The lowest BCUT2D eigenvalue weighted by Gasteiger charge is -2.07. The quantitative estimate of drug-likeness (QED) is 0.459. The molecule has 0 saturated heterocycles. The molecule has 0 aliphatic carbocycles. The van der Waals surface area contributed by atoms with E-state index in [1.807, 2.05) is 0 Å². The van der Waals surface area contributed by atoms with E-state index < -0.39 is 23.2 Å². The molecule has 1 aromatic rings. The summed E-state index contributed by atoms with van der Waals surface area (Å²) in [6.45, 7) is 0. The number of halogens is 4. The summed E-state index contributed by atoms with van der Waals surface area (Å²) in [5, 5.41) is -0.0579. The number of benzene rings is 1. The fourth-order valence-electron chi connectivity index (χ4n) is 0.989. The van der Waals surface area contributed by atoms with Crippen LogP contribution in [0.2, 0.25) is 5.02 Å². The Hall–Kier alpha value is -1.65. The van der Waals surface area contributed by atoms with Crippen LogP contribution in [-0.2, 0) is 4.79 Å². The molecule has 0 fully saturated rings. The van der Waals surface area contributed by atoms with E-state index in [0.717, 1.165) is 18.2 Å². The number of rotatable bonds is 2. The zero-order valence-corrected chi connectivity index (χ0v) is 8.26. The molecule has 0 amide bonds. The number of Topliss-reactive ketones (excluding diaryl/α,β-unsaturated/α-hetero) is 1. The predicted octanol–water partition coefficient (Wildman–Crippen LogP) is 3.05. The van der Waals surface area contributed by atoms with Crippen molar-refractivity contribution in [3.05, 3.63) is 28.8 Å². The van der Waals surface area contributed by atoms with Crippen molar-refractivity contribution < 1.29 is 22.8 Å². The van der Waals surface area contributed by atoms with Crippen LogP contribution in [-0.4, -0.2) is 18.0 Å². The second kappa shape index (κ2) is 4.47. The standard InChI is InChI=1S/C9H3ClF3NO2/c10-5-1-2-7(14-4-15)6(3-5)8(16)9(11,12)13/h1-3H. The Morgan fingerprint density at radius 1 is 1.38 bits per heavy atom. The van der Waals surface area contributed by atoms with Crippen LogP contribution in [0.5, 0.6) is 0 Å². The highest BCUT2D eigenvalue weighted by Gasteiger charge is 2.40. The minimum atomic E-state index is -5.04. The molecule has 0 atom stereocenters. The van der Waals surface area contributed by atoms with Crippen LogP contribution in [0.25, 0.3) is 0 Å². The van der Waals surface area contributed by atoms with Crippen molar-refractivity contribution >= 4 is 29.2 Å². The molecule has 0 aromatic heterocycles. The third kappa shape index (κ3) is 2.68. The number of carbonyl (C=O) groups is 1. The molecule has 0 aliphatic heterocycles. The van der Waals surface area contributed by atoms with E-state index in [1.54, 1.807) is 0 Å². The molecule has 84 valence electrons. The second-order valence-electron chi connectivity index (χ2n) is 2.69. The molecular formula is C9H3ClF3NO2. The van der Waals surface area contributed by atoms with E-state index in [1.165, 1.54) is 6.07 Å². The van der Waals surface area contributed by atoms with E-state index in [0.29, 0.717) is 0 Å². The first-order valence-corrected chi connectivity index (χ1v) is 4.23. The minimum Gasteiger partial charge on any atom is -0.284 e. The van der Waals surface area contributed by atoms with Gasteiger partial charge in [0.25, 0.3) is 5.78 Å². The zero-order chi connectivity index (χ0) is 12.3. The second-order valence-corrected chi connectivity index (χ2v) is 3.13. The first-order chi connectivity index (χ1) is 7.36. The molecule has 3 nitrogen and oxygen atoms in total. The Kier molecular flexibility index (Phi) is 3.47. The van der Waals surface area contributed by atoms with Crippen molar-refractivity contribution in [2.24, 2.45) is 4.99 Å². The number of hydrogen-bond donors (Lipinski definition) is 0. The fourth-order valence-corrected chi connectivity index (χ4v) is 1.16. The fraction of sp³-hybridized carbons (Fsp3) is 0.111. The van der Waals surface area contributed by atoms with Crippen LogP contribution < -0.4 is 0 Å². The molecule has 1 rings (SSSR count). The molecule has 16 heavy (non-hydrogen) atoms. The van der Waals surface area contributed by atoms with E-state index in [-0.39, 0.29) is 5.02 Å². The molecule has 0 aliphatic rings. The van der Waals surface area contributed by atoms with Crippen LogP contribution in [0.4, 0.5) is 18.9 Å². The summed E-state index contributed by atoms with van der Waals surface area (Å²) < 4.78 is 36.5. The number of isocyanates is 1. The summed E-state index contributed by atoms with van der Waals surface area (Å²) in [6, 6.07) is 3.05. The lowest BCUT2D eigenvalue weighted by atomic mass is 10.1. The topological polar surface area (TPSA) is 46.5 Å². The molecule has 0 N–H and O–H groups in total. The Balaban J connectivity index is 3.36. The molecule has 0 heterocycles. The number of aliphatic imine (C=N–C) groups is 1. The van der Waals surface area contributed by atoms with Gasteiger partial charge in [0.15, 0.2) is 0 Å². The monoisotopic (exact) mass is 249 g/mol. The average molecular weight is 250 g/mol. The molecule has 0 bridgehead atoms. The van der Waals surface area contributed by atoms with Gasteiger partial charge in [-0.1, -0.05) is 11.6 Å². The Morgan fingerprint density at radius 2 is 2.00 bits per heavy atom. The zero-order valence-electron chi connectivity index (χ0n) is 7.51. The van der Waals surface area contributed by atoms with Crippen LogP contribution in [0.1, 0.15) is 10.4 Å². The first kappa shape index (κ1) is 12.4. The highest BCUT2D eigenvalue weighted by atomic mass is 35.5. The van der Waals surface area contributed by atoms with Gasteiger partial charge in [-0.05, 0) is 18.2 Å². The van der Waals surface area contributed by atoms with Gasteiger partial charge < -0.3 is 0 Å². The number of alkyl halides is 3. The third-order valence-electron chi connectivity index (χ3n) is 1.63. The molecule has 0 saturated carbocycles. The maximum Gasteiger partial charge on any atom is 0.454 e. The van der Waals surface area contributed by atoms with Gasteiger partial charge in [-0.15, -0.1) is 0 Å². The Labute approximate surface area is 92.5 Å². The van der Waals surface area contributed by atoms with Gasteiger partial charge in [0.1, 0.15) is 0 Å². The summed E-state index contributed by atoms with van der Waals surface area (Å²) in [5.41, 5.74) is -1.19. The van der Waals surface area contributed by atoms with Gasteiger partial charge in [0.05, 0.1) is 11.3 Å². The predicted molar refractivity (Wildman–Crippen MR) is 49.6 cm³/mol. The molecule has 1 aromatic carbocycles. The van der Waals surface area contributed by atoms with Gasteiger partial charge in [-0.2, -0.15) is 18.2 Å². The largest absolute Gasteiger partial charge is 0.454 e. The minimum absolute atomic E-state index is 0.0579. The normalized spacial score (nSPS) is 10.8. The van der Waals surface area contributed by atoms with E-state index >= 15 is 0 Å². The van der Waals surface area contributed by atoms with Gasteiger partial charge in [-0.3, -0.25) is 4.79 Å². The maximum atomic E-state index is 12.2. The molecule has 0 unspecified atom stereocenters. The molecule has 0 radical (unpaired) electrons. The lowest BCUT2D eigenvalue weighted by Crippen LogP contribution is -2.22.